The monoisotopic (exact) mass is 663 g/mol. The van der Waals surface area contributed by atoms with Crippen LogP contribution in [0.15, 0.2) is 121 Å². The van der Waals surface area contributed by atoms with Gasteiger partial charge in [0.25, 0.3) is 0 Å². The number of carbonyl (C=O) groups is 4. The fourth-order valence-corrected chi connectivity index (χ4v) is 5.23. The van der Waals surface area contributed by atoms with Crippen molar-refractivity contribution in [2.45, 2.75) is 26.2 Å². The second kappa shape index (κ2) is 17.0. The highest BCUT2D eigenvalue weighted by atomic mass is 32.8. The average Bonchev–Trinajstić information content (AvgIpc) is 3.31. The van der Waals surface area contributed by atoms with Crippen molar-refractivity contribution in [2.75, 3.05) is 4.90 Å². The van der Waals surface area contributed by atoms with E-state index < -0.39 is 23.8 Å². The molecule has 1 saturated heterocycles. The van der Waals surface area contributed by atoms with Crippen molar-refractivity contribution < 1.29 is 28.7 Å². The average molecular weight is 664 g/mol. The van der Waals surface area contributed by atoms with Gasteiger partial charge >= 0.3 is 11.9 Å². The number of ether oxygens (including phenoxy) is 2. The van der Waals surface area contributed by atoms with Crippen LogP contribution in [0, 0.1) is 11.8 Å². The molecule has 0 radical (unpaired) electrons. The first kappa shape index (κ1) is 34.7. The minimum absolute atomic E-state index is 0.0254. The number of nitrogens with zero attached hydrogens (tertiary/aromatic N) is 1. The standard InChI is InChI=1S/C38H33NO6.S2/c1-26(30-15-19-32(20-16-30)44-35(40)23-13-28-9-5-3-6-10-28)25-34-27(2)37(42)39(38(34)43)31-17-21-33(22-18-31)45-36(41)24-14-29-11-7-4-8-12-29;1-2/h3-24,26-27,34H,25H2,1-2H3;/b23-13+,24-14+;. The Morgan fingerprint density at radius 1 is 0.702 bits per heavy atom. The summed E-state index contributed by atoms with van der Waals surface area (Å²) < 4.78 is 10.8. The third kappa shape index (κ3) is 9.45. The van der Waals surface area contributed by atoms with Gasteiger partial charge in [0, 0.05) is 40.4 Å². The molecule has 0 saturated carbocycles. The van der Waals surface area contributed by atoms with E-state index in [9.17, 15) is 19.2 Å². The zero-order valence-corrected chi connectivity index (χ0v) is 27.5. The maximum atomic E-state index is 13.5. The van der Waals surface area contributed by atoms with Gasteiger partial charge in [0.1, 0.15) is 11.5 Å². The van der Waals surface area contributed by atoms with Crippen molar-refractivity contribution in [2.24, 2.45) is 11.8 Å². The minimum Gasteiger partial charge on any atom is -0.423 e. The van der Waals surface area contributed by atoms with Gasteiger partial charge in [-0.15, -0.1) is 0 Å². The molecule has 0 spiro atoms. The van der Waals surface area contributed by atoms with Crippen LogP contribution in [0.5, 0.6) is 11.5 Å². The lowest BCUT2D eigenvalue weighted by Gasteiger charge is -2.18. The minimum atomic E-state index is -0.534. The number of benzene rings is 4. The molecule has 2 amide bonds. The normalized spacial score (nSPS) is 16.5. The molecule has 9 heteroatoms. The van der Waals surface area contributed by atoms with Crippen LogP contribution >= 0.6 is 0 Å². The van der Waals surface area contributed by atoms with Gasteiger partial charge < -0.3 is 9.47 Å². The number of carbonyl (C=O) groups excluding carboxylic acids is 4. The molecule has 1 fully saturated rings. The lowest BCUT2D eigenvalue weighted by atomic mass is 9.85. The lowest BCUT2D eigenvalue weighted by Crippen LogP contribution is -2.30. The molecule has 4 aromatic rings. The summed E-state index contributed by atoms with van der Waals surface area (Å²) in [6.45, 7) is 3.78. The van der Waals surface area contributed by atoms with Gasteiger partial charge in [0.05, 0.1) is 11.6 Å². The summed E-state index contributed by atoms with van der Waals surface area (Å²) in [5.41, 5.74) is 3.17. The number of esters is 2. The van der Waals surface area contributed by atoms with Crippen LogP contribution in [-0.4, -0.2) is 23.8 Å². The molecule has 3 unspecified atom stereocenters. The van der Waals surface area contributed by atoms with Crippen LogP contribution < -0.4 is 14.4 Å². The summed E-state index contributed by atoms with van der Waals surface area (Å²) in [7, 11) is 0. The highest BCUT2D eigenvalue weighted by Crippen LogP contribution is 2.37. The maximum absolute atomic E-state index is 13.5. The van der Waals surface area contributed by atoms with Crippen molar-refractivity contribution in [1.29, 1.82) is 0 Å². The third-order valence-corrected chi connectivity index (χ3v) is 7.76. The Balaban J connectivity index is 0.00000245. The molecule has 1 aliphatic heterocycles. The molecule has 1 aliphatic rings. The van der Waals surface area contributed by atoms with Crippen molar-refractivity contribution in [3.05, 3.63) is 138 Å². The molecule has 238 valence electrons. The number of hydrogen-bond donors (Lipinski definition) is 0. The highest BCUT2D eigenvalue weighted by Gasteiger charge is 2.46. The van der Waals surface area contributed by atoms with Crippen LogP contribution in [0.25, 0.3) is 12.2 Å². The fraction of sp³-hybridized carbons (Fsp3) is 0.158. The second-order valence-electron chi connectivity index (χ2n) is 10.9. The molecule has 5 rings (SSSR count). The largest absolute Gasteiger partial charge is 0.423 e. The summed E-state index contributed by atoms with van der Waals surface area (Å²) in [6, 6.07) is 32.4. The SMILES string of the molecule is CC(CC1C(=O)N(c2ccc(OC(=O)/C=C/c3ccccc3)cc2)C(=O)C1C)c1ccc(OC(=O)/C=C/c2ccccc2)cc1.S=S. The van der Waals surface area contributed by atoms with Crippen LogP contribution in [0.1, 0.15) is 42.9 Å². The van der Waals surface area contributed by atoms with Crippen LogP contribution in [-0.2, 0) is 41.6 Å². The Morgan fingerprint density at radius 3 is 1.62 bits per heavy atom. The van der Waals surface area contributed by atoms with E-state index >= 15 is 0 Å². The molecule has 0 aromatic heterocycles. The van der Waals surface area contributed by atoms with Gasteiger partial charge in [-0.05, 0) is 77.6 Å². The Morgan fingerprint density at radius 2 is 1.15 bits per heavy atom. The van der Waals surface area contributed by atoms with Gasteiger partial charge in [-0.2, -0.15) is 0 Å². The summed E-state index contributed by atoms with van der Waals surface area (Å²) in [6.07, 6.45) is 6.56. The highest BCUT2D eigenvalue weighted by molar-refractivity contribution is 8.07. The predicted molar refractivity (Wildman–Crippen MR) is 188 cm³/mol. The van der Waals surface area contributed by atoms with Gasteiger partial charge in [0.15, 0.2) is 0 Å². The van der Waals surface area contributed by atoms with E-state index in [1.54, 1.807) is 55.5 Å². The number of rotatable bonds is 10. The zero-order chi connectivity index (χ0) is 33.8. The molecular weight excluding hydrogens is 631 g/mol. The van der Waals surface area contributed by atoms with E-state index in [1.165, 1.54) is 17.1 Å². The third-order valence-electron chi connectivity index (χ3n) is 7.76. The first-order valence-corrected chi connectivity index (χ1v) is 16.3. The van der Waals surface area contributed by atoms with E-state index in [4.69, 9.17) is 9.47 Å². The molecule has 3 atom stereocenters. The molecule has 47 heavy (non-hydrogen) atoms. The number of amides is 2. The lowest BCUT2D eigenvalue weighted by molar-refractivity contribution is -0.129. The number of imide groups is 1. The van der Waals surface area contributed by atoms with E-state index in [1.807, 2.05) is 79.7 Å². The topological polar surface area (TPSA) is 90.0 Å². The first-order chi connectivity index (χ1) is 22.8. The van der Waals surface area contributed by atoms with E-state index in [0.29, 0.717) is 23.6 Å². The number of anilines is 1. The van der Waals surface area contributed by atoms with Gasteiger partial charge in [-0.3, -0.25) is 14.5 Å². The quantitative estimate of drug-likeness (QED) is 0.0760. The molecule has 0 N–H and O–H groups in total. The second-order valence-corrected chi connectivity index (χ2v) is 10.9. The van der Waals surface area contributed by atoms with Gasteiger partial charge in [-0.25, -0.2) is 9.59 Å². The van der Waals surface area contributed by atoms with Crippen molar-refractivity contribution in [1.82, 2.24) is 0 Å². The van der Waals surface area contributed by atoms with Gasteiger partial charge in [0.2, 0.25) is 11.8 Å². The van der Waals surface area contributed by atoms with Crippen molar-refractivity contribution >= 4 is 64.0 Å². The summed E-state index contributed by atoms with van der Waals surface area (Å²) in [4.78, 5) is 52.3. The molecule has 0 aliphatic carbocycles. The summed E-state index contributed by atoms with van der Waals surface area (Å²) in [5, 5.41) is 0. The molecule has 4 aromatic carbocycles. The van der Waals surface area contributed by atoms with Crippen LogP contribution in [0.4, 0.5) is 5.69 Å². The molecule has 1 heterocycles. The Kier molecular flexibility index (Phi) is 12.6. The smallest absolute Gasteiger partial charge is 0.336 e. The van der Waals surface area contributed by atoms with Crippen molar-refractivity contribution in [3.8, 4) is 11.5 Å². The van der Waals surface area contributed by atoms with Crippen molar-refractivity contribution in [3.63, 3.8) is 0 Å². The van der Waals surface area contributed by atoms with Crippen LogP contribution in [0.2, 0.25) is 0 Å². The van der Waals surface area contributed by atoms with E-state index in [0.717, 1.165) is 16.7 Å². The Hall–Kier alpha value is -5.12. The Labute approximate surface area is 284 Å². The van der Waals surface area contributed by atoms with E-state index in [2.05, 4.69) is 22.4 Å². The van der Waals surface area contributed by atoms with E-state index in [-0.39, 0.29) is 17.7 Å². The Bertz CT molecular complexity index is 1740. The molecule has 7 nitrogen and oxygen atoms in total. The maximum Gasteiger partial charge on any atom is 0.336 e. The molecular formula is C38H33NO6S2. The first-order valence-electron chi connectivity index (χ1n) is 14.9. The van der Waals surface area contributed by atoms with Gasteiger partial charge in [-0.1, -0.05) is 86.6 Å². The summed E-state index contributed by atoms with van der Waals surface area (Å²) in [5.74, 6) is -1.82. The number of hydrogen-bond acceptors (Lipinski definition) is 8. The summed E-state index contributed by atoms with van der Waals surface area (Å²) >= 11 is 7.33. The molecule has 0 bridgehead atoms. The fourth-order valence-electron chi connectivity index (χ4n) is 5.23. The zero-order valence-electron chi connectivity index (χ0n) is 25.9. The predicted octanol–water partition coefficient (Wildman–Crippen LogP) is 7.24. The van der Waals surface area contributed by atoms with Crippen LogP contribution in [0.3, 0.4) is 0 Å².